The molecular formula is C5H4Cl2N2O. The minimum absolute atomic E-state index is 0. The quantitative estimate of drug-likeness (QED) is 0.442. The number of nitrogens with one attached hydrogen (secondary N) is 1. The number of aldehydes is 1. The predicted octanol–water partition coefficient (Wildman–Crippen LogP) is -2.63. The number of halogens is 2. The van der Waals surface area contributed by atoms with Gasteiger partial charge in [-0.3, -0.25) is 4.79 Å². The van der Waals surface area contributed by atoms with Crippen LogP contribution in [0.25, 0.3) is 0 Å². The molecule has 0 amide bonds. The zero-order valence-electron chi connectivity index (χ0n) is 4.84. The highest BCUT2D eigenvalue weighted by molar-refractivity contribution is 6.29. The van der Waals surface area contributed by atoms with Crippen molar-refractivity contribution in [3.05, 3.63) is 23.0 Å². The van der Waals surface area contributed by atoms with Crippen molar-refractivity contribution in [3.8, 4) is 0 Å². The lowest BCUT2D eigenvalue weighted by atomic mass is 10.4. The first-order valence-electron chi connectivity index (χ1n) is 2.32. The fourth-order valence-electron chi connectivity index (χ4n) is 0.417. The van der Waals surface area contributed by atoms with Crippen LogP contribution in [0.4, 0.5) is 0 Å². The molecule has 54 valence electrons. The molecule has 0 bridgehead atoms. The van der Waals surface area contributed by atoms with E-state index in [2.05, 4.69) is 10.2 Å². The summed E-state index contributed by atoms with van der Waals surface area (Å²) >= 11 is 5.41. The molecule has 1 N–H and O–H groups in total. The molecular weight excluding hydrogens is 175 g/mol. The fourth-order valence-corrected chi connectivity index (χ4v) is 0.522. The van der Waals surface area contributed by atoms with Gasteiger partial charge in [-0.15, -0.1) is 0 Å². The summed E-state index contributed by atoms with van der Waals surface area (Å²) in [6.45, 7) is 0. The SMILES string of the molecule is O=Cc1ccc(Cl)n[nH+]1.[Cl-]. The summed E-state index contributed by atoms with van der Waals surface area (Å²) in [5.41, 5.74) is 0.416. The lowest BCUT2D eigenvalue weighted by molar-refractivity contribution is -0.457. The normalized spacial score (nSPS) is 8.10. The standard InChI is InChI=1S/C5H3ClN2O.ClH/c6-5-2-1-4(3-9)7-8-5;/h1-3H;1H. The van der Waals surface area contributed by atoms with Gasteiger partial charge in [0.1, 0.15) is 0 Å². The van der Waals surface area contributed by atoms with Gasteiger partial charge in [-0.2, -0.15) is 0 Å². The fraction of sp³-hybridized carbons (Fsp3) is 0. The smallest absolute Gasteiger partial charge is 0.268 e. The van der Waals surface area contributed by atoms with Gasteiger partial charge in [-0.1, -0.05) is 16.7 Å². The van der Waals surface area contributed by atoms with Crippen LogP contribution in [-0.2, 0) is 0 Å². The van der Waals surface area contributed by atoms with Gasteiger partial charge in [0.25, 0.3) is 5.69 Å². The molecule has 1 aromatic heterocycles. The molecule has 0 aliphatic rings. The molecule has 0 aromatic carbocycles. The zero-order chi connectivity index (χ0) is 6.69. The predicted molar refractivity (Wildman–Crippen MR) is 31.2 cm³/mol. The number of rotatable bonds is 1. The van der Waals surface area contributed by atoms with Gasteiger partial charge in [0, 0.05) is 11.2 Å². The largest absolute Gasteiger partial charge is 1.00 e. The Morgan fingerprint density at radius 3 is 2.70 bits per heavy atom. The van der Waals surface area contributed by atoms with Crippen molar-refractivity contribution in [3.63, 3.8) is 0 Å². The van der Waals surface area contributed by atoms with Gasteiger partial charge >= 0.3 is 0 Å². The van der Waals surface area contributed by atoms with E-state index >= 15 is 0 Å². The number of H-pyrrole nitrogens is 1. The summed E-state index contributed by atoms with van der Waals surface area (Å²) in [6, 6.07) is 3.10. The molecule has 0 saturated heterocycles. The Hall–Kier alpha value is -0.670. The van der Waals surface area contributed by atoms with Crippen molar-refractivity contribution >= 4 is 17.9 Å². The molecule has 0 saturated carbocycles. The summed E-state index contributed by atoms with van der Waals surface area (Å²) in [5.74, 6) is 0. The van der Waals surface area contributed by atoms with Crippen molar-refractivity contribution in [2.75, 3.05) is 0 Å². The van der Waals surface area contributed by atoms with Crippen molar-refractivity contribution in [1.82, 2.24) is 5.10 Å². The number of hydrogen-bond donors (Lipinski definition) is 0. The first kappa shape index (κ1) is 9.33. The molecule has 0 unspecified atom stereocenters. The first-order chi connectivity index (χ1) is 4.33. The van der Waals surface area contributed by atoms with Crippen LogP contribution in [0.5, 0.6) is 0 Å². The molecule has 0 fully saturated rings. The van der Waals surface area contributed by atoms with E-state index < -0.39 is 0 Å². The van der Waals surface area contributed by atoms with Crippen molar-refractivity contribution in [1.29, 1.82) is 0 Å². The minimum atomic E-state index is 0. The highest BCUT2D eigenvalue weighted by atomic mass is 35.5. The number of carbonyl (C=O) groups is 1. The van der Waals surface area contributed by atoms with Crippen LogP contribution < -0.4 is 17.5 Å². The number of aromatic amines is 1. The van der Waals surface area contributed by atoms with Gasteiger partial charge in [0.05, 0.1) is 0 Å². The maximum atomic E-state index is 10.0. The number of hydrogen-bond acceptors (Lipinski definition) is 2. The lowest BCUT2D eigenvalue weighted by Crippen LogP contribution is -3.00. The second-order valence-electron chi connectivity index (χ2n) is 1.45. The van der Waals surface area contributed by atoms with E-state index in [1.807, 2.05) is 0 Å². The molecule has 3 nitrogen and oxygen atoms in total. The Labute approximate surface area is 68.8 Å². The van der Waals surface area contributed by atoms with Gasteiger partial charge in [-0.05, 0) is 6.07 Å². The molecule has 5 heteroatoms. The van der Waals surface area contributed by atoms with E-state index in [0.717, 1.165) is 0 Å². The maximum Gasteiger partial charge on any atom is 0.268 e. The Bertz CT molecular complexity index is 211. The Kier molecular flexibility index (Phi) is 3.91. The summed E-state index contributed by atoms with van der Waals surface area (Å²) < 4.78 is 0. The van der Waals surface area contributed by atoms with Crippen LogP contribution >= 0.6 is 11.6 Å². The monoisotopic (exact) mass is 178 g/mol. The van der Waals surface area contributed by atoms with Crippen LogP contribution in [0.2, 0.25) is 5.15 Å². The third-order valence-corrected chi connectivity index (χ3v) is 1.03. The van der Waals surface area contributed by atoms with Crippen LogP contribution in [0.3, 0.4) is 0 Å². The zero-order valence-corrected chi connectivity index (χ0v) is 6.36. The third kappa shape index (κ3) is 2.29. The van der Waals surface area contributed by atoms with Gasteiger partial charge in [0.15, 0.2) is 5.15 Å². The Morgan fingerprint density at radius 2 is 2.30 bits per heavy atom. The van der Waals surface area contributed by atoms with E-state index in [9.17, 15) is 4.79 Å². The van der Waals surface area contributed by atoms with E-state index in [0.29, 0.717) is 17.1 Å². The summed E-state index contributed by atoms with van der Waals surface area (Å²) in [4.78, 5) is 10.0. The Balaban J connectivity index is 0.000000810. The van der Waals surface area contributed by atoms with Crippen molar-refractivity contribution in [2.45, 2.75) is 0 Å². The van der Waals surface area contributed by atoms with Crippen molar-refractivity contribution < 1.29 is 22.3 Å². The summed E-state index contributed by atoms with van der Waals surface area (Å²) in [6.07, 6.45) is 0.670. The molecule has 0 spiro atoms. The topological polar surface area (TPSA) is 44.1 Å². The number of aromatic nitrogens is 2. The minimum Gasteiger partial charge on any atom is -1.00 e. The van der Waals surface area contributed by atoms with Crippen LogP contribution in [0.15, 0.2) is 12.1 Å². The molecule has 10 heavy (non-hydrogen) atoms. The van der Waals surface area contributed by atoms with Gasteiger partial charge < -0.3 is 12.4 Å². The van der Waals surface area contributed by atoms with Crippen LogP contribution in [0, 0.1) is 0 Å². The molecule has 0 radical (unpaired) electrons. The number of nitrogens with zero attached hydrogens (tertiary/aromatic N) is 1. The second kappa shape index (κ2) is 4.19. The Morgan fingerprint density at radius 1 is 1.60 bits per heavy atom. The van der Waals surface area contributed by atoms with E-state index in [4.69, 9.17) is 11.6 Å². The molecule has 0 aliphatic heterocycles. The molecule has 1 aromatic rings. The average Bonchev–Trinajstić information content (AvgIpc) is 1.90. The second-order valence-corrected chi connectivity index (χ2v) is 1.84. The summed E-state index contributed by atoms with van der Waals surface area (Å²) in [7, 11) is 0. The third-order valence-electron chi connectivity index (χ3n) is 0.819. The molecule has 1 heterocycles. The van der Waals surface area contributed by atoms with E-state index in [1.165, 1.54) is 0 Å². The number of carbonyl (C=O) groups excluding carboxylic acids is 1. The molecule has 0 aliphatic carbocycles. The van der Waals surface area contributed by atoms with Crippen LogP contribution in [0.1, 0.15) is 10.5 Å². The van der Waals surface area contributed by atoms with Gasteiger partial charge in [-0.25, -0.2) is 0 Å². The van der Waals surface area contributed by atoms with Crippen molar-refractivity contribution in [2.24, 2.45) is 0 Å². The van der Waals surface area contributed by atoms with Gasteiger partial charge in [0.2, 0.25) is 6.29 Å². The van der Waals surface area contributed by atoms with Crippen LogP contribution in [-0.4, -0.2) is 11.4 Å². The molecule has 0 atom stereocenters. The maximum absolute atomic E-state index is 10.0. The molecule has 1 rings (SSSR count). The van der Waals surface area contributed by atoms with E-state index in [-0.39, 0.29) is 12.4 Å². The average molecular weight is 179 g/mol. The summed E-state index contributed by atoms with van der Waals surface area (Å²) in [5, 5.41) is 6.34. The first-order valence-corrected chi connectivity index (χ1v) is 2.70. The lowest BCUT2D eigenvalue weighted by Gasteiger charge is -1.78. The highest BCUT2D eigenvalue weighted by Crippen LogP contribution is 1.97. The van der Waals surface area contributed by atoms with E-state index in [1.54, 1.807) is 12.1 Å². The highest BCUT2D eigenvalue weighted by Gasteiger charge is 1.97.